The summed E-state index contributed by atoms with van der Waals surface area (Å²) in [5, 5.41) is 9.42. The largest absolute Gasteiger partial charge is 0.495 e. The van der Waals surface area contributed by atoms with Gasteiger partial charge in [0.2, 0.25) is 0 Å². The van der Waals surface area contributed by atoms with Crippen LogP contribution >= 0.6 is 23.2 Å². The van der Waals surface area contributed by atoms with Crippen LogP contribution in [-0.4, -0.2) is 40.9 Å². The lowest BCUT2D eigenvalue weighted by Crippen LogP contribution is -2.47. The van der Waals surface area contributed by atoms with Crippen LogP contribution in [0.15, 0.2) is 73.3 Å². The Morgan fingerprint density at radius 3 is 2.39 bits per heavy atom. The maximum atomic E-state index is 13.4. The van der Waals surface area contributed by atoms with E-state index in [0.29, 0.717) is 27.7 Å². The van der Waals surface area contributed by atoms with E-state index in [2.05, 4.69) is 17.0 Å². The first-order valence-electron chi connectivity index (χ1n) is 11.8. The van der Waals surface area contributed by atoms with Crippen LogP contribution in [0.5, 0.6) is 5.75 Å². The molecule has 0 aliphatic carbocycles. The lowest BCUT2D eigenvalue weighted by molar-refractivity contribution is -0.139. The Labute approximate surface area is 231 Å². The topological polar surface area (TPSA) is 82.5 Å². The van der Waals surface area contributed by atoms with Crippen molar-refractivity contribution < 1.29 is 19.1 Å². The number of aromatic nitrogens is 2. The summed E-state index contributed by atoms with van der Waals surface area (Å²) in [5.74, 6) is -0.356. The van der Waals surface area contributed by atoms with Gasteiger partial charge in [-0.2, -0.15) is 5.10 Å². The smallest absolute Gasteiger partial charge is 0.330 e. The first-order chi connectivity index (χ1) is 18.1. The zero-order chi connectivity index (χ0) is 27.4. The van der Waals surface area contributed by atoms with Crippen molar-refractivity contribution in [3.05, 3.63) is 94.6 Å². The molecule has 1 heterocycles. The van der Waals surface area contributed by atoms with E-state index in [0.717, 1.165) is 28.3 Å². The normalized spacial score (nSPS) is 11.3. The van der Waals surface area contributed by atoms with Gasteiger partial charge in [-0.15, -0.1) is 0 Å². The monoisotopic (exact) mass is 551 g/mol. The summed E-state index contributed by atoms with van der Waals surface area (Å²) in [6.07, 6.45) is 1.08. The van der Waals surface area contributed by atoms with Gasteiger partial charge in [-0.05, 0) is 66.9 Å². The molecule has 0 aliphatic heterocycles. The fraction of sp³-hybridized carbons (Fsp3) is 0.207. The number of amides is 1. The molecular formula is C29H27Cl2N3O4. The average Bonchev–Trinajstić information content (AvgIpc) is 3.26. The van der Waals surface area contributed by atoms with Gasteiger partial charge in [-0.3, -0.25) is 9.48 Å². The predicted molar refractivity (Wildman–Crippen MR) is 150 cm³/mol. The van der Waals surface area contributed by atoms with Gasteiger partial charge in [-0.1, -0.05) is 54.0 Å². The lowest BCUT2D eigenvalue weighted by Gasteiger charge is -2.25. The minimum Gasteiger partial charge on any atom is -0.495 e. The summed E-state index contributed by atoms with van der Waals surface area (Å²) in [4.78, 5) is 24.9. The Morgan fingerprint density at radius 1 is 1.05 bits per heavy atom. The second kappa shape index (κ2) is 11.3. The van der Waals surface area contributed by atoms with Crippen molar-refractivity contribution in [2.24, 2.45) is 0 Å². The Hall–Kier alpha value is -3.81. The van der Waals surface area contributed by atoms with E-state index in [-0.39, 0.29) is 18.2 Å². The quantitative estimate of drug-likeness (QED) is 0.195. The van der Waals surface area contributed by atoms with Crippen LogP contribution in [0.1, 0.15) is 29.9 Å². The molecule has 4 rings (SSSR count). The van der Waals surface area contributed by atoms with E-state index in [4.69, 9.17) is 32.7 Å². The molecule has 0 fully saturated rings. The first kappa shape index (κ1) is 27.2. The minimum absolute atomic E-state index is 0.0185. The van der Waals surface area contributed by atoms with Crippen LogP contribution in [0.2, 0.25) is 10.0 Å². The number of rotatable bonds is 9. The van der Waals surface area contributed by atoms with Crippen LogP contribution in [0.3, 0.4) is 0 Å². The molecule has 0 saturated carbocycles. The Balaban J connectivity index is 1.73. The third-order valence-electron chi connectivity index (χ3n) is 5.89. The van der Waals surface area contributed by atoms with Crippen molar-refractivity contribution in [2.45, 2.75) is 25.9 Å². The van der Waals surface area contributed by atoms with E-state index in [9.17, 15) is 9.59 Å². The number of nitrogens with one attached hydrogen (secondary N) is 1. The summed E-state index contributed by atoms with van der Waals surface area (Å²) < 4.78 is 12.2. The summed E-state index contributed by atoms with van der Waals surface area (Å²) in [5.41, 5.74) is 2.97. The number of ether oxygens (including phenoxy) is 2. The second-order valence-electron chi connectivity index (χ2n) is 9.36. The molecule has 0 saturated heterocycles. The molecule has 0 radical (unpaired) electrons. The van der Waals surface area contributed by atoms with E-state index in [1.165, 1.54) is 0 Å². The Morgan fingerprint density at radius 2 is 1.74 bits per heavy atom. The predicted octanol–water partition coefficient (Wildman–Crippen LogP) is 6.30. The van der Waals surface area contributed by atoms with Crippen LogP contribution in [0.25, 0.3) is 22.0 Å². The maximum absolute atomic E-state index is 13.4. The zero-order valence-corrected chi connectivity index (χ0v) is 22.8. The molecule has 0 bridgehead atoms. The molecule has 1 aromatic heterocycles. The summed E-state index contributed by atoms with van der Waals surface area (Å²) >= 11 is 12.4. The summed E-state index contributed by atoms with van der Waals surface area (Å²) in [7, 11) is 1.57. The van der Waals surface area contributed by atoms with Gasteiger partial charge in [0.05, 0.1) is 29.7 Å². The highest BCUT2D eigenvalue weighted by atomic mass is 35.5. The molecule has 1 N–H and O–H groups in total. The van der Waals surface area contributed by atoms with Gasteiger partial charge in [0.25, 0.3) is 5.91 Å². The molecule has 4 aromatic rings. The molecule has 0 atom stereocenters. The van der Waals surface area contributed by atoms with Crippen molar-refractivity contribution in [3.63, 3.8) is 0 Å². The average molecular weight is 552 g/mol. The van der Waals surface area contributed by atoms with Crippen LogP contribution in [0, 0.1) is 0 Å². The molecule has 0 unspecified atom stereocenters. The minimum atomic E-state index is -0.832. The SMILES string of the molecule is C=CC(=O)OCC(C)(C)NC(=O)c1nn(Cc2ccc(Cl)cc2)c2cc(-c3ccc(OC)c(Cl)c3)ccc12. The number of esters is 1. The van der Waals surface area contributed by atoms with E-state index >= 15 is 0 Å². The number of carbonyl (C=O) groups is 2. The molecule has 0 aliphatic rings. The number of hydrogen-bond acceptors (Lipinski definition) is 5. The van der Waals surface area contributed by atoms with Crippen molar-refractivity contribution in [3.8, 4) is 16.9 Å². The Kier molecular flexibility index (Phi) is 8.09. The molecule has 196 valence electrons. The molecule has 38 heavy (non-hydrogen) atoms. The first-order valence-corrected chi connectivity index (χ1v) is 12.6. The number of halogens is 2. The number of benzene rings is 3. The van der Waals surface area contributed by atoms with Gasteiger partial charge in [0.1, 0.15) is 12.4 Å². The van der Waals surface area contributed by atoms with Crippen molar-refractivity contribution in [1.82, 2.24) is 15.1 Å². The van der Waals surface area contributed by atoms with Crippen LogP contribution in [0.4, 0.5) is 0 Å². The lowest BCUT2D eigenvalue weighted by atomic mass is 10.0. The van der Waals surface area contributed by atoms with Gasteiger partial charge in [-0.25, -0.2) is 4.79 Å². The number of fused-ring (bicyclic) bond motifs is 1. The van der Waals surface area contributed by atoms with E-state index in [1.807, 2.05) is 60.7 Å². The summed E-state index contributed by atoms with van der Waals surface area (Å²) in [6.45, 7) is 7.33. The molecule has 0 spiro atoms. The highest BCUT2D eigenvalue weighted by Crippen LogP contribution is 2.32. The molecule has 7 nitrogen and oxygen atoms in total. The standard InChI is InChI=1S/C29H27Cl2N3O4/c1-5-26(35)38-17-29(2,3)32-28(36)27-22-12-8-20(19-9-13-25(37-4)23(31)14-19)15-24(22)34(33-27)16-18-6-10-21(30)11-7-18/h5-15H,1,16-17H2,2-4H3,(H,32,36). The highest BCUT2D eigenvalue weighted by molar-refractivity contribution is 6.32. The summed E-state index contributed by atoms with van der Waals surface area (Å²) in [6, 6.07) is 18.8. The molecule has 3 aromatic carbocycles. The van der Waals surface area contributed by atoms with Gasteiger partial charge >= 0.3 is 5.97 Å². The molecule has 9 heteroatoms. The third kappa shape index (κ3) is 6.18. The fourth-order valence-corrected chi connectivity index (χ4v) is 4.35. The maximum Gasteiger partial charge on any atom is 0.330 e. The highest BCUT2D eigenvalue weighted by Gasteiger charge is 2.26. The number of carbonyl (C=O) groups excluding carboxylic acids is 2. The van der Waals surface area contributed by atoms with Crippen molar-refractivity contribution in [1.29, 1.82) is 0 Å². The second-order valence-corrected chi connectivity index (χ2v) is 10.2. The van der Waals surface area contributed by atoms with Gasteiger partial charge in [0, 0.05) is 16.5 Å². The van der Waals surface area contributed by atoms with Crippen LogP contribution in [-0.2, 0) is 16.1 Å². The van der Waals surface area contributed by atoms with Gasteiger partial charge < -0.3 is 14.8 Å². The number of nitrogens with zero attached hydrogens (tertiary/aromatic N) is 2. The number of hydrogen-bond donors (Lipinski definition) is 1. The number of methoxy groups -OCH3 is 1. The fourth-order valence-electron chi connectivity index (χ4n) is 3.96. The van der Waals surface area contributed by atoms with E-state index in [1.54, 1.807) is 25.6 Å². The molecular weight excluding hydrogens is 525 g/mol. The third-order valence-corrected chi connectivity index (χ3v) is 6.44. The Bertz CT molecular complexity index is 1510. The van der Waals surface area contributed by atoms with Gasteiger partial charge in [0.15, 0.2) is 5.69 Å². The zero-order valence-electron chi connectivity index (χ0n) is 21.3. The van der Waals surface area contributed by atoms with Crippen molar-refractivity contribution >= 4 is 46.0 Å². The molecule has 1 amide bonds. The van der Waals surface area contributed by atoms with Crippen molar-refractivity contribution in [2.75, 3.05) is 13.7 Å². The van der Waals surface area contributed by atoms with E-state index < -0.39 is 11.5 Å². The van der Waals surface area contributed by atoms with Crippen LogP contribution < -0.4 is 10.1 Å².